The maximum Gasteiger partial charge on any atom is 0.153 e. The van der Waals surface area contributed by atoms with Crippen LogP contribution in [0.15, 0.2) is 29.4 Å². The average molecular weight is 293 g/mol. The number of hydrogen-bond donors (Lipinski definition) is 0. The molecule has 1 aromatic rings. The zero-order valence-electron chi connectivity index (χ0n) is 13.5. The lowest BCUT2D eigenvalue weighted by Gasteiger charge is -2.16. The van der Waals surface area contributed by atoms with Crippen molar-refractivity contribution >= 4 is 6.21 Å². The largest absolute Gasteiger partial charge is 0.491 e. The Morgan fingerprint density at radius 1 is 1.00 bits per heavy atom. The lowest BCUT2D eigenvalue weighted by Crippen LogP contribution is -2.17. The van der Waals surface area contributed by atoms with Crippen LogP contribution < -0.4 is 9.47 Å². The molecule has 0 saturated heterocycles. The van der Waals surface area contributed by atoms with Gasteiger partial charge in [0.15, 0.2) is 6.61 Å². The summed E-state index contributed by atoms with van der Waals surface area (Å²) in [5, 5.41) is 3.81. The molecule has 0 aliphatic heterocycles. The summed E-state index contributed by atoms with van der Waals surface area (Å²) in [6, 6.07) is 7.70. The number of nitrogens with zero attached hydrogens (tertiary/aromatic N) is 1. The highest BCUT2D eigenvalue weighted by molar-refractivity contribution is 5.55. The van der Waals surface area contributed by atoms with Crippen molar-refractivity contribution in [1.82, 2.24) is 0 Å². The second-order valence-corrected chi connectivity index (χ2v) is 5.11. The Morgan fingerprint density at radius 2 is 1.57 bits per heavy atom. The second-order valence-electron chi connectivity index (χ2n) is 5.11. The molecule has 2 atom stereocenters. The Morgan fingerprint density at radius 3 is 2.10 bits per heavy atom. The van der Waals surface area contributed by atoms with E-state index in [0.29, 0.717) is 6.61 Å². The van der Waals surface area contributed by atoms with E-state index in [4.69, 9.17) is 14.3 Å². The number of ether oxygens (including phenoxy) is 2. The molecule has 0 aliphatic carbocycles. The van der Waals surface area contributed by atoms with E-state index in [0.717, 1.165) is 30.8 Å². The number of benzene rings is 1. The molecule has 1 aromatic carbocycles. The maximum atomic E-state index is 5.81. The van der Waals surface area contributed by atoms with E-state index in [1.165, 1.54) is 0 Å². The molecule has 0 amide bonds. The van der Waals surface area contributed by atoms with Gasteiger partial charge in [0.1, 0.15) is 17.6 Å². The lowest BCUT2D eigenvalue weighted by atomic mass is 10.2. The third kappa shape index (κ3) is 7.59. The Labute approximate surface area is 128 Å². The summed E-state index contributed by atoms with van der Waals surface area (Å²) in [6.45, 7) is 8.64. The molecule has 0 heterocycles. The van der Waals surface area contributed by atoms with Crippen molar-refractivity contribution in [2.45, 2.75) is 59.2 Å². The molecule has 0 fully saturated rings. The summed E-state index contributed by atoms with van der Waals surface area (Å²) in [7, 11) is 0. The molecule has 1 rings (SSSR count). The fourth-order valence-corrected chi connectivity index (χ4v) is 1.84. The first-order valence-corrected chi connectivity index (χ1v) is 7.72. The summed E-state index contributed by atoms with van der Waals surface area (Å²) in [5.41, 5.74) is 0. The van der Waals surface area contributed by atoms with Crippen molar-refractivity contribution in [2.75, 3.05) is 6.61 Å². The predicted octanol–water partition coefficient (Wildman–Crippen LogP) is 4.43. The van der Waals surface area contributed by atoms with Gasteiger partial charge in [-0.05, 0) is 51.0 Å². The van der Waals surface area contributed by atoms with Gasteiger partial charge in [-0.1, -0.05) is 25.4 Å². The average Bonchev–Trinajstić information content (AvgIpc) is 2.46. The summed E-state index contributed by atoms with van der Waals surface area (Å²) < 4.78 is 11.6. The zero-order valence-corrected chi connectivity index (χ0v) is 13.5. The van der Waals surface area contributed by atoms with E-state index < -0.39 is 0 Å². The monoisotopic (exact) mass is 293 g/mol. The van der Waals surface area contributed by atoms with Crippen LogP contribution in [0.2, 0.25) is 0 Å². The van der Waals surface area contributed by atoms with Crippen LogP contribution in [0.5, 0.6) is 11.5 Å². The first-order chi connectivity index (χ1) is 10.2. The van der Waals surface area contributed by atoms with E-state index in [1.807, 2.05) is 38.1 Å². The topological polar surface area (TPSA) is 40.0 Å². The van der Waals surface area contributed by atoms with Crippen LogP contribution in [-0.4, -0.2) is 25.0 Å². The Balaban J connectivity index is 2.37. The van der Waals surface area contributed by atoms with Crippen molar-refractivity contribution in [3.8, 4) is 11.5 Å². The van der Waals surface area contributed by atoms with Gasteiger partial charge < -0.3 is 14.3 Å². The van der Waals surface area contributed by atoms with E-state index >= 15 is 0 Å². The summed E-state index contributed by atoms with van der Waals surface area (Å²) >= 11 is 0. The summed E-state index contributed by atoms with van der Waals surface area (Å²) in [5.74, 6) is 1.68. The highest BCUT2D eigenvalue weighted by Gasteiger charge is 2.06. The SMILES string of the molecule is CC/C=N/OCC(C)Oc1ccc(OC(C)CCC)cc1. The van der Waals surface area contributed by atoms with Gasteiger partial charge in [0, 0.05) is 6.21 Å². The van der Waals surface area contributed by atoms with Crippen molar-refractivity contribution in [3.63, 3.8) is 0 Å². The molecule has 4 nitrogen and oxygen atoms in total. The number of hydrogen-bond acceptors (Lipinski definition) is 4. The maximum absolute atomic E-state index is 5.81. The van der Waals surface area contributed by atoms with Gasteiger partial charge in [0.05, 0.1) is 6.10 Å². The molecular formula is C17H27NO3. The van der Waals surface area contributed by atoms with E-state index in [9.17, 15) is 0 Å². The first kappa shape index (κ1) is 17.3. The molecular weight excluding hydrogens is 266 g/mol. The lowest BCUT2D eigenvalue weighted by molar-refractivity contribution is 0.0634. The van der Waals surface area contributed by atoms with E-state index in [1.54, 1.807) is 6.21 Å². The van der Waals surface area contributed by atoms with Crippen LogP contribution in [0.3, 0.4) is 0 Å². The highest BCUT2D eigenvalue weighted by Crippen LogP contribution is 2.20. The predicted molar refractivity (Wildman–Crippen MR) is 86.3 cm³/mol. The minimum absolute atomic E-state index is 0.0511. The van der Waals surface area contributed by atoms with Crippen LogP contribution >= 0.6 is 0 Å². The minimum atomic E-state index is -0.0511. The van der Waals surface area contributed by atoms with Gasteiger partial charge in [0.2, 0.25) is 0 Å². The molecule has 0 bridgehead atoms. The number of oxime groups is 1. The van der Waals surface area contributed by atoms with Crippen molar-refractivity contribution < 1.29 is 14.3 Å². The van der Waals surface area contributed by atoms with Crippen molar-refractivity contribution in [1.29, 1.82) is 0 Å². The van der Waals surface area contributed by atoms with Crippen LogP contribution in [0, 0.1) is 0 Å². The van der Waals surface area contributed by atoms with Gasteiger partial charge in [-0.3, -0.25) is 0 Å². The summed E-state index contributed by atoms with van der Waals surface area (Å²) in [4.78, 5) is 5.13. The van der Waals surface area contributed by atoms with Gasteiger partial charge in [0.25, 0.3) is 0 Å². The third-order valence-corrected chi connectivity index (χ3v) is 2.83. The van der Waals surface area contributed by atoms with Crippen LogP contribution in [0.1, 0.15) is 47.0 Å². The molecule has 118 valence electrons. The molecule has 0 aromatic heterocycles. The standard InChI is InChI=1S/C17H27NO3/c1-5-7-14(3)20-16-8-10-17(11-9-16)21-15(4)13-19-18-12-6-2/h8-12,14-15H,5-7,13H2,1-4H3/b18-12+. The van der Waals surface area contributed by atoms with Gasteiger partial charge in [-0.25, -0.2) is 0 Å². The zero-order chi connectivity index (χ0) is 15.5. The first-order valence-electron chi connectivity index (χ1n) is 7.72. The minimum Gasteiger partial charge on any atom is -0.491 e. The van der Waals surface area contributed by atoms with Crippen LogP contribution in [0.4, 0.5) is 0 Å². The van der Waals surface area contributed by atoms with E-state index in [2.05, 4.69) is 19.0 Å². The smallest absolute Gasteiger partial charge is 0.153 e. The molecule has 21 heavy (non-hydrogen) atoms. The second kappa shape index (κ2) is 10.1. The fraction of sp³-hybridized carbons (Fsp3) is 0.588. The Hall–Kier alpha value is -1.71. The molecule has 0 spiro atoms. The van der Waals surface area contributed by atoms with Crippen molar-refractivity contribution in [3.05, 3.63) is 24.3 Å². The van der Waals surface area contributed by atoms with Crippen molar-refractivity contribution in [2.24, 2.45) is 5.16 Å². The summed E-state index contributed by atoms with van der Waals surface area (Å²) in [6.07, 6.45) is 4.98. The quantitative estimate of drug-likeness (QED) is 0.473. The molecule has 4 heteroatoms. The molecule has 0 N–H and O–H groups in total. The highest BCUT2D eigenvalue weighted by atomic mass is 16.6. The molecule has 0 saturated carbocycles. The van der Waals surface area contributed by atoms with Crippen LogP contribution in [0.25, 0.3) is 0 Å². The Kier molecular flexibility index (Phi) is 8.32. The van der Waals surface area contributed by atoms with Gasteiger partial charge in [-0.15, -0.1) is 0 Å². The van der Waals surface area contributed by atoms with Crippen LogP contribution in [-0.2, 0) is 4.84 Å². The van der Waals surface area contributed by atoms with Gasteiger partial charge in [-0.2, -0.15) is 0 Å². The number of rotatable bonds is 10. The molecule has 2 unspecified atom stereocenters. The molecule has 0 aliphatic rings. The fourth-order valence-electron chi connectivity index (χ4n) is 1.84. The normalized spacial score (nSPS) is 13.9. The Bertz CT molecular complexity index is 403. The van der Waals surface area contributed by atoms with Gasteiger partial charge >= 0.3 is 0 Å². The van der Waals surface area contributed by atoms with E-state index in [-0.39, 0.29) is 12.2 Å². The third-order valence-electron chi connectivity index (χ3n) is 2.83. The molecule has 0 radical (unpaired) electrons.